The largest absolute Gasteiger partial charge is 0.372 e. The molecule has 3 aliphatic heterocycles. The fraction of sp³-hybridized carbons (Fsp3) is 0.467. The summed E-state index contributed by atoms with van der Waals surface area (Å²) in [4.78, 5) is 41.3. The van der Waals surface area contributed by atoms with Crippen molar-refractivity contribution in [2.75, 3.05) is 6.54 Å². The molecule has 1 saturated carbocycles. The predicted octanol–water partition coefficient (Wildman–Crippen LogP) is 3.12. The maximum Gasteiger partial charge on any atom is 0.264 e. The van der Waals surface area contributed by atoms with Crippen molar-refractivity contribution < 1.29 is 37.1 Å². The van der Waals surface area contributed by atoms with Gasteiger partial charge in [-0.1, -0.05) is 12.1 Å². The summed E-state index contributed by atoms with van der Waals surface area (Å²) >= 11 is 0. The summed E-state index contributed by atoms with van der Waals surface area (Å²) in [5.41, 5.74) is -2.48. The van der Waals surface area contributed by atoms with E-state index in [9.17, 15) is 33.5 Å². The first-order valence-corrected chi connectivity index (χ1v) is 14.0. The molecule has 0 radical (unpaired) electrons. The number of carbonyl (C=O) groups is 3. The van der Waals surface area contributed by atoms with Gasteiger partial charge in [0.1, 0.15) is 23.7 Å². The van der Waals surface area contributed by atoms with Crippen LogP contribution in [0.5, 0.6) is 0 Å². The molecule has 3 heterocycles. The number of amides is 3. The van der Waals surface area contributed by atoms with Crippen LogP contribution in [0.15, 0.2) is 36.4 Å². The molecule has 8 nitrogen and oxygen atoms in total. The van der Waals surface area contributed by atoms with Crippen molar-refractivity contribution in [1.29, 1.82) is 5.26 Å². The number of alkyl halides is 2. The molecule has 5 atom stereocenters. The van der Waals surface area contributed by atoms with Crippen LogP contribution in [0, 0.1) is 34.8 Å². The Balaban J connectivity index is 1.38. The van der Waals surface area contributed by atoms with E-state index in [2.05, 4.69) is 10.6 Å². The quantitative estimate of drug-likeness (QED) is 0.467. The summed E-state index contributed by atoms with van der Waals surface area (Å²) in [5.74, 6) is -9.48. The molecule has 2 bridgehead atoms. The van der Waals surface area contributed by atoms with Crippen LogP contribution in [0.3, 0.4) is 0 Å². The SMILES string of the molecule is N#C[C@@H](C[C@@H]1CCCNC1=O)NC(=O)[C@H]1[C@@H]2CC[C@@H](CC2(F)F)N1C(=O)C1(O)c2cc(F)ccc2-c2ccc(F)cc21. The van der Waals surface area contributed by atoms with Crippen LogP contribution in [-0.4, -0.2) is 58.3 Å². The Labute approximate surface area is 238 Å². The van der Waals surface area contributed by atoms with E-state index in [-0.39, 0.29) is 47.4 Å². The second-order valence-corrected chi connectivity index (χ2v) is 11.6. The number of benzene rings is 2. The standard InChI is InChI=1S/C30H28F4N4O4/c31-16-3-6-20-21-7-4-17(32)12-24(21)30(42,23(20)11-16)28(41)38-19-5-8-22(29(33,34)13-19)25(38)27(40)37-18(14-35)10-15-2-1-9-36-26(15)39/h3-4,6-7,11-12,15,18-19,22,25,42H,1-2,5,8-10,13H2,(H,36,39)(H,37,40)/t15-,18+,19-,22-,25+/m0/s1. The monoisotopic (exact) mass is 584 g/mol. The maximum atomic E-state index is 15.2. The highest BCUT2D eigenvalue weighted by molar-refractivity contribution is 6.01. The van der Waals surface area contributed by atoms with Crippen molar-refractivity contribution in [3.8, 4) is 17.2 Å². The number of aliphatic hydroxyl groups is 1. The van der Waals surface area contributed by atoms with E-state index in [4.69, 9.17) is 0 Å². The average Bonchev–Trinajstić information content (AvgIpc) is 3.20. The van der Waals surface area contributed by atoms with Crippen LogP contribution in [0.4, 0.5) is 17.6 Å². The number of fused-ring (bicyclic) bond motifs is 6. The van der Waals surface area contributed by atoms with Gasteiger partial charge in [-0.25, -0.2) is 17.6 Å². The van der Waals surface area contributed by atoms with Crippen molar-refractivity contribution in [2.24, 2.45) is 11.8 Å². The number of piperidine rings is 3. The van der Waals surface area contributed by atoms with E-state index < -0.39 is 71.4 Å². The lowest BCUT2D eigenvalue weighted by molar-refractivity contribution is -0.201. The Morgan fingerprint density at radius 2 is 1.74 bits per heavy atom. The van der Waals surface area contributed by atoms with Gasteiger partial charge in [0.25, 0.3) is 11.8 Å². The molecule has 2 aliphatic carbocycles. The number of halogens is 4. The van der Waals surface area contributed by atoms with Crippen LogP contribution < -0.4 is 10.6 Å². The van der Waals surface area contributed by atoms with E-state index in [1.165, 1.54) is 12.1 Å². The highest BCUT2D eigenvalue weighted by atomic mass is 19.3. The fourth-order valence-electron chi connectivity index (χ4n) is 7.21. The number of hydrogen-bond acceptors (Lipinski definition) is 5. The van der Waals surface area contributed by atoms with Gasteiger partial charge < -0.3 is 20.6 Å². The second-order valence-electron chi connectivity index (χ2n) is 11.6. The molecule has 3 amide bonds. The average molecular weight is 585 g/mol. The summed E-state index contributed by atoms with van der Waals surface area (Å²) in [6, 6.07) is 4.60. The Morgan fingerprint density at radius 1 is 1.10 bits per heavy atom. The highest BCUT2D eigenvalue weighted by Crippen LogP contribution is 2.54. The molecule has 2 aromatic rings. The number of nitrogens with one attached hydrogen (secondary N) is 2. The topological polar surface area (TPSA) is 123 Å². The van der Waals surface area contributed by atoms with Crippen molar-refractivity contribution in [2.45, 2.75) is 68.2 Å². The predicted molar refractivity (Wildman–Crippen MR) is 139 cm³/mol. The number of nitrogens with zero attached hydrogens (tertiary/aromatic N) is 2. The van der Waals surface area contributed by atoms with Gasteiger partial charge >= 0.3 is 0 Å². The zero-order valence-electron chi connectivity index (χ0n) is 22.4. The molecule has 3 N–H and O–H groups in total. The summed E-state index contributed by atoms with van der Waals surface area (Å²) in [6.45, 7) is 0.499. The maximum absolute atomic E-state index is 15.2. The zero-order chi connectivity index (χ0) is 30.0. The Kier molecular flexibility index (Phi) is 6.76. The molecule has 0 spiro atoms. The van der Waals surface area contributed by atoms with Gasteiger partial charge in [0.15, 0.2) is 5.60 Å². The summed E-state index contributed by atoms with van der Waals surface area (Å²) in [5, 5.41) is 27.0. The number of hydrogen-bond donors (Lipinski definition) is 3. The van der Waals surface area contributed by atoms with E-state index >= 15 is 8.78 Å². The van der Waals surface area contributed by atoms with Gasteiger partial charge in [0.2, 0.25) is 11.8 Å². The van der Waals surface area contributed by atoms with Gasteiger partial charge in [-0.15, -0.1) is 0 Å². The van der Waals surface area contributed by atoms with E-state index in [1.807, 2.05) is 6.07 Å². The van der Waals surface area contributed by atoms with Crippen LogP contribution in [0.2, 0.25) is 0 Å². The minimum absolute atomic E-state index is 0.0392. The molecule has 0 aromatic heterocycles. The van der Waals surface area contributed by atoms with Crippen molar-refractivity contribution in [3.05, 3.63) is 59.2 Å². The van der Waals surface area contributed by atoms with Crippen LogP contribution in [0.1, 0.15) is 49.7 Å². The van der Waals surface area contributed by atoms with Gasteiger partial charge in [-0.2, -0.15) is 5.26 Å². The van der Waals surface area contributed by atoms with Gasteiger partial charge in [-0.3, -0.25) is 14.4 Å². The normalized spacial score (nSPS) is 27.3. The molecular weight excluding hydrogens is 556 g/mol. The fourth-order valence-corrected chi connectivity index (χ4v) is 7.21. The molecule has 0 unspecified atom stereocenters. The number of carbonyl (C=O) groups excluding carboxylic acids is 3. The molecule has 42 heavy (non-hydrogen) atoms. The van der Waals surface area contributed by atoms with Crippen molar-refractivity contribution in [1.82, 2.24) is 15.5 Å². The molecule has 220 valence electrons. The lowest BCUT2D eigenvalue weighted by atomic mass is 9.70. The summed E-state index contributed by atoms with van der Waals surface area (Å²) in [6.07, 6.45) is 0.432. The smallest absolute Gasteiger partial charge is 0.264 e. The first kappa shape index (κ1) is 28.2. The zero-order valence-corrected chi connectivity index (χ0v) is 22.4. The second kappa shape index (κ2) is 10.1. The molecular formula is C30H28F4N4O4. The lowest BCUT2D eigenvalue weighted by Gasteiger charge is -2.54. The minimum atomic E-state index is -3.32. The first-order chi connectivity index (χ1) is 20.0. The third-order valence-corrected chi connectivity index (χ3v) is 9.17. The highest BCUT2D eigenvalue weighted by Gasteiger charge is 2.63. The van der Waals surface area contributed by atoms with E-state index in [0.29, 0.717) is 19.4 Å². The van der Waals surface area contributed by atoms with Gasteiger partial charge in [0.05, 0.1) is 12.0 Å². The van der Waals surface area contributed by atoms with E-state index in [0.717, 1.165) is 29.2 Å². The Morgan fingerprint density at radius 3 is 2.31 bits per heavy atom. The van der Waals surface area contributed by atoms with Crippen molar-refractivity contribution in [3.63, 3.8) is 0 Å². The van der Waals surface area contributed by atoms with Gasteiger partial charge in [-0.05, 0) is 67.5 Å². The molecule has 12 heteroatoms. The molecule has 3 saturated heterocycles. The molecule has 7 rings (SSSR count). The minimum Gasteiger partial charge on any atom is -0.372 e. The van der Waals surface area contributed by atoms with E-state index in [1.54, 1.807) is 0 Å². The summed E-state index contributed by atoms with van der Waals surface area (Å²) in [7, 11) is 0. The first-order valence-electron chi connectivity index (χ1n) is 14.0. The lowest BCUT2D eigenvalue weighted by Crippen LogP contribution is -2.70. The Hall–Kier alpha value is -3.98. The van der Waals surface area contributed by atoms with Gasteiger partial charge in [0, 0.05) is 36.1 Å². The molecule has 5 aliphatic rings. The third kappa shape index (κ3) is 4.33. The third-order valence-electron chi connectivity index (χ3n) is 9.17. The number of rotatable bonds is 5. The van der Waals surface area contributed by atoms with Crippen molar-refractivity contribution >= 4 is 17.7 Å². The summed E-state index contributed by atoms with van der Waals surface area (Å²) < 4.78 is 59.4. The molecule has 4 fully saturated rings. The number of nitriles is 1. The van der Waals surface area contributed by atoms with Crippen LogP contribution in [0.25, 0.3) is 11.1 Å². The Bertz CT molecular complexity index is 1470. The van der Waals surface area contributed by atoms with Crippen LogP contribution in [-0.2, 0) is 20.0 Å². The molecule has 2 aromatic carbocycles. The van der Waals surface area contributed by atoms with Crippen LogP contribution >= 0.6 is 0 Å².